The van der Waals surface area contributed by atoms with Gasteiger partial charge >= 0.3 is 0 Å². The monoisotopic (exact) mass is 381 g/mol. The van der Waals surface area contributed by atoms with Gasteiger partial charge in [0.15, 0.2) is 11.5 Å². The van der Waals surface area contributed by atoms with E-state index in [1.165, 1.54) is 4.68 Å². The van der Waals surface area contributed by atoms with Crippen molar-refractivity contribution in [2.24, 2.45) is 0 Å². The van der Waals surface area contributed by atoms with Gasteiger partial charge < -0.3 is 19.5 Å². The molecule has 2 aromatic carbocycles. The van der Waals surface area contributed by atoms with Crippen molar-refractivity contribution in [2.75, 3.05) is 20.5 Å². The van der Waals surface area contributed by atoms with E-state index in [0.717, 1.165) is 0 Å². The van der Waals surface area contributed by atoms with Crippen LogP contribution in [-0.2, 0) is 17.8 Å². The zero-order valence-corrected chi connectivity index (χ0v) is 15.3. The zero-order chi connectivity index (χ0) is 19.5. The second-order valence-electron chi connectivity index (χ2n) is 6.26. The van der Waals surface area contributed by atoms with Gasteiger partial charge in [-0.1, -0.05) is 18.2 Å². The third-order valence-corrected chi connectivity index (χ3v) is 4.50. The lowest BCUT2D eigenvalue weighted by Crippen LogP contribution is -2.29. The molecule has 0 unspecified atom stereocenters. The van der Waals surface area contributed by atoms with Gasteiger partial charge in [0.05, 0.1) is 30.8 Å². The number of benzene rings is 2. The number of carbonyl (C=O) groups is 1. The molecule has 1 N–H and O–H groups in total. The maximum Gasteiger partial charge on any atom is 0.274 e. The molecule has 2 heterocycles. The summed E-state index contributed by atoms with van der Waals surface area (Å²) in [5.41, 5.74) is 0.889. The van der Waals surface area contributed by atoms with E-state index in [2.05, 4.69) is 10.4 Å². The number of nitrogens with one attached hydrogen (secondary N) is 1. The number of aromatic nitrogens is 2. The largest absolute Gasteiger partial charge is 0.454 e. The van der Waals surface area contributed by atoms with Gasteiger partial charge in [-0.25, -0.2) is 4.68 Å². The molecular formula is C20H19N3O5. The van der Waals surface area contributed by atoms with E-state index in [1.807, 2.05) is 12.1 Å². The number of nitrogens with zero attached hydrogens (tertiary/aromatic N) is 2. The highest BCUT2D eigenvalue weighted by atomic mass is 16.7. The van der Waals surface area contributed by atoms with Gasteiger partial charge in [0.25, 0.3) is 11.5 Å². The maximum atomic E-state index is 12.6. The summed E-state index contributed by atoms with van der Waals surface area (Å²) in [4.78, 5) is 25.1. The lowest BCUT2D eigenvalue weighted by molar-refractivity contribution is 0.0950. The van der Waals surface area contributed by atoms with E-state index in [9.17, 15) is 9.59 Å². The quantitative estimate of drug-likeness (QED) is 0.699. The van der Waals surface area contributed by atoms with Crippen LogP contribution >= 0.6 is 0 Å². The summed E-state index contributed by atoms with van der Waals surface area (Å²) in [7, 11) is 1.57. The Bertz CT molecular complexity index is 1090. The van der Waals surface area contributed by atoms with Crippen LogP contribution in [0.1, 0.15) is 16.1 Å². The molecule has 0 radical (unpaired) electrons. The average Bonchev–Trinajstić information content (AvgIpc) is 3.20. The predicted octanol–water partition coefficient (Wildman–Crippen LogP) is 1.70. The highest BCUT2D eigenvalue weighted by Crippen LogP contribution is 2.32. The number of rotatable bonds is 6. The maximum absolute atomic E-state index is 12.6. The van der Waals surface area contributed by atoms with Gasteiger partial charge in [-0.3, -0.25) is 9.59 Å². The van der Waals surface area contributed by atoms with Gasteiger partial charge in [-0.2, -0.15) is 5.10 Å². The van der Waals surface area contributed by atoms with E-state index in [1.54, 1.807) is 37.4 Å². The number of hydrogen-bond acceptors (Lipinski definition) is 6. The highest BCUT2D eigenvalue weighted by molar-refractivity contribution is 5.95. The Morgan fingerprint density at radius 1 is 1.18 bits per heavy atom. The SMILES string of the molecule is COCCn1nc(CNC(=O)c2ccc3c(c2)OCO3)c2ccccc2c1=O. The molecule has 144 valence electrons. The van der Waals surface area contributed by atoms with Crippen LogP contribution in [0.15, 0.2) is 47.3 Å². The van der Waals surface area contributed by atoms with Gasteiger partial charge in [-0.15, -0.1) is 0 Å². The summed E-state index contributed by atoms with van der Waals surface area (Å²) in [6.45, 7) is 1.04. The molecule has 1 aliphatic heterocycles. The Kier molecular flexibility index (Phi) is 4.94. The first-order chi connectivity index (χ1) is 13.7. The first-order valence-electron chi connectivity index (χ1n) is 8.83. The van der Waals surface area contributed by atoms with Crippen molar-refractivity contribution in [1.29, 1.82) is 0 Å². The summed E-state index contributed by atoms with van der Waals surface area (Å²) in [6, 6.07) is 12.2. The topological polar surface area (TPSA) is 91.7 Å². The molecular weight excluding hydrogens is 362 g/mol. The van der Waals surface area contributed by atoms with E-state index in [4.69, 9.17) is 14.2 Å². The Hall–Kier alpha value is -3.39. The molecule has 0 saturated carbocycles. The van der Waals surface area contributed by atoms with E-state index in [0.29, 0.717) is 46.7 Å². The zero-order valence-electron chi connectivity index (χ0n) is 15.3. The van der Waals surface area contributed by atoms with Crippen LogP contribution in [0.4, 0.5) is 0 Å². The van der Waals surface area contributed by atoms with Crippen molar-refractivity contribution in [3.63, 3.8) is 0 Å². The summed E-state index contributed by atoms with van der Waals surface area (Å²) >= 11 is 0. The molecule has 0 bridgehead atoms. The minimum atomic E-state index is -0.265. The van der Waals surface area contributed by atoms with E-state index in [-0.39, 0.29) is 24.8 Å². The first-order valence-corrected chi connectivity index (χ1v) is 8.83. The third-order valence-electron chi connectivity index (χ3n) is 4.50. The fraction of sp³-hybridized carbons (Fsp3) is 0.250. The molecule has 8 heteroatoms. The Morgan fingerprint density at radius 3 is 2.79 bits per heavy atom. The molecule has 1 aliphatic rings. The number of methoxy groups -OCH3 is 1. The number of carbonyl (C=O) groups excluding carboxylic acids is 1. The normalized spacial score (nSPS) is 12.3. The van der Waals surface area contributed by atoms with Crippen molar-refractivity contribution in [2.45, 2.75) is 13.1 Å². The highest BCUT2D eigenvalue weighted by Gasteiger charge is 2.17. The van der Waals surface area contributed by atoms with Crippen molar-refractivity contribution in [3.8, 4) is 11.5 Å². The number of amides is 1. The number of fused-ring (bicyclic) bond motifs is 2. The molecule has 28 heavy (non-hydrogen) atoms. The van der Waals surface area contributed by atoms with Crippen LogP contribution in [-0.4, -0.2) is 36.2 Å². The van der Waals surface area contributed by atoms with Crippen LogP contribution in [0.25, 0.3) is 10.8 Å². The lowest BCUT2D eigenvalue weighted by atomic mass is 10.1. The fourth-order valence-corrected chi connectivity index (χ4v) is 3.07. The standard InChI is InChI=1S/C20H19N3O5/c1-26-9-8-23-20(25)15-5-3-2-4-14(15)16(22-23)11-21-19(24)13-6-7-17-18(10-13)28-12-27-17/h2-7,10H,8-9,11-12H2,1H3,(H,21,24). The molecule has 0 saturated heterocycles. The van der Waals surface area contributed by atoms with Crippen LogP contribution in [0.2, 0.25) is 0 Å². The molecule has 3 aromatic rings. The van der Waals surface area contributed by atoms with Gasteiger partial charge in [0, 0.05) is 18.1 Å². The number of ether oxygens (including phenoxy) is 3. The van der Waals surface area contributed by atoms with Crippen molar-refractivity contribution >= 4 is 16.7 Å². The van der Waals surface area contributed by atoms with E-state index < -0.39 is 0 Å². The van der Waals surface area contributed by atoms with Gasteiger partial charge in [-0.05, 0) is 24.3 Å². The minimum absolute atomic E-state index is 0.152. The van der Waals surface area contributed by atoms with Crippen molar-refractivity contribution in [3.05, 3.63) is 64.1 Å². The van der Waals surface area contributed by atoms with Crippen LogP contribution in [0, 0.1) is 0 Å². The second-order valence-corrected chi connectivity index (χ2v) is 6.26. The molecule has 8 nitrogen and oxygen atoms in total. The first kappa shape index (κ1) is 18.0. The fourth-order valence-electron chi connectivity index (χ4n) is 3.07. The van der Waals surface area contributed by atoms with Crippen LogP contribution in [0.3, 0.4) is 0 Å². The molecule has 1 aromatic heterocycles. The van der Waals surface area contributed by atoms with Crippen LogP contribution in [0.5, 0.6) is 11.5 Å². The molecule has 1 amide bonds. The second kappa shape index (κ2) is 7.69. The van der Waals surface area contributed by atoms with Gasteiger partial charge in [0.1, 0.15) is 0 Å². The Morgan fingerprint density at radius 2 is 1.96 bits per heavy atom. The molecule has 4 rings (SSSR count). The van der Waals surface area contributed by atoms with E-state index >= 15 is 0 Å². The molecule has 0 fully saturated rings. The summed E-state index contributed by atoms with van der Waals surface area (Å²) < 4.78 is 17.0. The molecule has 0 atom stereocenters. The van der Waals surface area contributed by atoms with Crippen molar-refractivity contribution in [1.82, 2.24) is 15.1 Å². The Labute approximate surface area is 160 Å². The lowest BCUT2D eigenvalue weighted by Gasteiger charge is -2.12. The van der Waals surface area contributed by atoms with Crippen molar-refractivity contribution < 1.29 is 19.0 Å². The average molecular weight is 381 g/mol. The smallest absolute Gasteiger partial charge is 0.274 e. The van der Waals surface area contributed by atoms with Crippen LogP contribution < -0.4 is 20.3 Å². The van der Waals surface area contributed by atoms with Gasteiger partial charge in [0.2, 0.25) is 6.79 Å². The summed E-state index contributed by atoms with van der Waals surface area (Å²) in [6.07, 6.45) is 0. The minimum Gasteiger partial charge on any atom is -0.454 e. The predicted molar refractivity (Wildman–Crippen MR) is 102 cm³/mol. The Balaban J connectivity index is 1.59. The molecule has 0 aliphatic carbocycles. The summed E-state index contributed by atoms with van der Waals surface area (Å²) in [5, 5.41) is 8.55. The number of hydrogen-bond donors (Lipinski definition) is 1. The molecule has 0 spiro atoms. The third kappa shape index (κ3) is 3.41. The summed E-state index contributed by atoms with van der Waals surface area (Å²) in [5.74, 6) is 0.901.